The lowest BCUT2D eigenvalue weighted by molar-refractivity contribution is 0.389. The molecule has 1 aliphatic rings. The molecule has 1 atom stereocenters. The van der Waals surface area contributed by atoms with Crippen molar-refractivity contribution in [2.24, 2.45) is 0 Å². The Labute approximate surface area is 105 Å². The van der Waals surface area contributed by atoms with Crippen LogP contribution in [-0.4, -0.2) is 21.2 Å². The Morgan fingerprint density at radius 1 is 1.28 bits per heavy atom. The summed E-state index contributed by atoms with van der Waals surface area (Å²) in [6.07, 6.45) is 3.58. The monoisotopic (exact) mass is 275 g/mol. The second-order valence-electron chi connectivity index (χ2n) is 4.58. The van der Waals surface area contributed by atoms with Gasteiger partial charge in [-0.05, 0) is 31.5 Å². The number of rotatable bonds is 2. The van der Waals surface area contributed by atoms with E-state index in [1.807, 2.05) is 0 Å². The second-order valence-corrected chi connectivity index (χ2v) is 6.60. The van der Waals surface area contributed by atoms with E-state index < -0.39 is 21.5 Å². The molecule has 1 N–H and O–H groups in total. The minimum atomic E-state index is -3.54. The summed E-state index contributed by atoms with van der Waals surface area (Å²) >= 11 is 0. The summed E-state index contributed by atoms with van der Waals surface area (Å²) in [5.74, 6) is -2.07. The van der Waals surface area contributed by atoms with Crippen molar-refractivity contribution in [3.63, 3.8) is 0 Å². The van der Waals surface area contributed by atoms with Gasteiger partial charge in [-0.1, -0.05) is 6.42 Å². The molecule has 6 heteroatoms. The van der Waals surface area contributed by atoms with Crippen LogP contribution in [0.4, 0.5) is 8.78 Å². The number of benzene rings is 1. The SMILES string of the molecule is CS(=O)(=O)c1cc(F)c(F)c(C2CCCCN2)c1. The predicted octanol–water partition coefficient (Wildman–Crippen LogP) is 2.18. The Bertz CT molecular complexity index is 551. The van der Waals surface area contributed by atoms with E-state index in [-0.39, 0.29) is 16.5 Å². The number of halogens is 2. The number of hydrogen-bond acceptors (Lipinski definition) is 3. The van der Waals surface area contributed by atoms with Crippen molar-refractivity contribution in [1.82, 2.24) is 5.32 Å². The molecule has 1 unspecified atom stereocenters. The van der Waals surface area contributed by atoms with Crippen LogP contribution < -0.4 is 5.32 Å². The van der Waals surface area contributed by atoms with Gasteiger partial charge in [-0.25, -0.2) is 17.2 Å². The molecule has 0 radical (unpaired) electrons. The van der Waals surface area contributed by atoms with Gasteiger partial charge >= 0.3 is 0 Å². The van der Waals surface area contributed by atoms with Crippen molar-refractivity contribution in [3.05, 3.63) is 29.3 Å². The van der Waals surface area contributed by atoms with Crippen molar-refractivity contribution in [1.29, 1.82) is 0 Å². The molecule has 0 spiro atoms. The van der Waals surface area contributed by atoms with E-state index in [4.69, 9.17) is 0 Å². The first kappa shape index (κ1) is 13.4. The maximum Gasteiger partial charge on any atom is 0.175 e. The standard InChI is InChI=1S/C12H15F2NO2S/c1-18(16,17)8-6-9(12(14)10(13)7-8)11-4-2-3-5-15-11/h6-7,11,15H,2-5H2,1H3. The van der Waals surface area contributed by atoms with Crippen molar-refractivity contribution < 1.29 is 17.2 Å². The summed E-state index contributed by atoms with van der Waals surface area (Å²) < 4.78 is 50.0. The number of nitrogens with one attached hydrogen (secondary N) is 1. The Hall–Kier alpha value is -1.01. The van der Waals surface area contributed by atoms with E-state index in [0.29, 0.717) is 6.42 Å². The molecule has 3 nitrogen and oxygen atoms in total. The Morgan fingerprint density at radius 2 is 2.00 bits per heavy atom. The smallest absolute Gasteiger partial charge is 0.175 e. The third-order valence-corrected chi connectivity index (χ3v) is 4.24. The summed E-state index contributed by atoms with van der Waals surface area (Å²) in [7, 11) is -3.54. The molecule has 1 aromatic carbocycles. The highest BCUT2D eigenvalue weighted by Crippen LogP contribution is 2.28. The molecule has 18 heavy (non-hydrogen) atoms. The van der Waals surface area contributed by atoms with Gasteiger partial charge in [-0.15, -0.1) is 0 Å². The van der Waals surface area contributed by atoms with Crippen molar-refractivity contribution in [2.45, 2.75) is 30.2 Å². The minimum Gasteiger partial charge on any atom is -0.310 e. The van der Waals surface area contributed by atoms with Gasteiger partial charge in [0.2, 0.25) is 0 Å². The average Bonchev–Trinajstić information content (AvgIpc) is 2.32. The van der Waals surface area contributed by atoms with Crippen LogP contribution in [0.1, 0.15) is 30.9 Å². The van der Waals surface area contributed by atoms with Crippen molar-refractivity contribution in [3.8, 4) is 0 Å². The van der Waals surface area contributed by atoms with E-state index in [2.05, 4.69) is 5.32 Å². The van der Waals surface area contributed by atoms with E-state index >= 15 is 0 Å². The number of sulfone groups is 1. The molecule has 0 aliphatic carbocycles. The highest BCUT2D eigenvalue weighted by atomic mass is 32.2. The first-order chi connectivity index (χ1) is 8.39. The van der Waals surface area contributed by atoms with Crippen LogP contribution in [0.2, 0.25) is 0 Å². The first-order valence-corrected chi connectivity index (χ1v) is 7.71. The lowest BCUT2D eigenvalue weighted by Crippen LogP contribution is -2.28. The fraction of sp³-hybridized carbons (Fsp3) is 0.500. The highest BCUT2D eigenvalue weighted by molar-refractivity contribution is 7.90. The molecular weight excluding hydrogens is 260 g/mol. The highest BCUT2D eigenvalue weighted by Gasteiger charge is 2.23. The van der Waals surface area contributed by atoms with Gasteiger partial charge in [0.1, 0.15) is 0 Å². The first-order valence-electron chi connectivity index (χ1n) is 5.82. The van der Waals surface area contributed by atoms with Gasteiger partial charge in [-0.3, -0.25) is 0 Å². The third-order valence-electron chi connectivity index (χ3n) is 3.14. The van der Waals surface area contributed by atoms with Gasteiger partial charge < -0.3 is 5.32 Å². The molecule has 100 valence electrons. The van der Waals surface area contributed by atoms with Crippen LogP contribution in [0.15, 0.2) is 17.0 Å². The molecule has 0 bridgehead atoms. The summed E-state index contributed by atoms with van der Waals surface area (Å²) in [5, 5.41) is 3.08. The summed E-state index contributed by atoms with van der Waals surface area (Å²) in [4.78, 5) is -0.177. The van der Waals surface area contributed by atoms with Gasteiger partial charge in [0.25, 0.3) is 0 Å². The van der Waals surface area contributed by atoms with E-state index in [9.17, 15) is 17.2 Å². The topological polar surface area (TPSA) is 46.2 Å². The maximum atomic E-state index is 13.7. The second kappa shape index (κ2) is 4.93. The van der Waals surface area contributed by atoms with Crippen LogP contribution in [0.5, 0.6) is 0 Å². The third kappa shape index (κ3) is 2.70. The molecule has 2 rings (SSSR count). The minimum absolute atomic E-state index is 0.107. The fourth-order valence-electron chi connectivity index (χ4n) is 2.17. The fourth-order valence-corrected chi connectivity index (χ4v) is 2.83. The molecule has 1 fully saturated rings. The molecule has 0 amide bonds. The molecule has 1 aliphatic heterocycles. The summed E-state index contributed by atoms with van der Waals surface area (Å²) in [6, 6.07) is 1.66. The molecule has 1 aromatic rings. The molecular formula is C12H15F2NO2S. The van der Waals surface area contributed by atoms with E-state index in [0.717, 1.165) is 31.7 Å². The van der Waals surface area contributed by atoms with Crippen LogP contribution in [0.3, 0.4) is 0 Å². The van der Waals surface area contributed by atoms with Gasteiger partial charge in [0, 0.05) is 17.9 Å². The zero-order valence-electron chi connectivity index (χ0n) is 10.0. The predicted molar refractivity (Wildman–Crippen MR) is 64.1 cm³/mol. The molecule has 1 saturated heterocycles. The zero-order valence-corrected chi connectivity index (χ0v) is 10.9. The summed E-state index contributed by atoms with van der Waals surface area (Å²) in [5.41, 5.74) is 0.107. The van der Waals surface area contributed by atoms with Crippen LogP contribution >= 0.6 is 0 Å². The molecule has 0 saturated carbocycles. The van der Waals surface area contributed by atoms with Gasteiger partial charge in [-0.2, -0.15) is 0 Å². The Balaban J connectivity index is 2.48. The van der Waals surface area contributed by atoms with Crippen LogP contribution in [0, 0.1) is 11.6 Å². The zero-order chi connectivity index (χ0) is 13.3. The maximum absolute atomic E-state index is 13.7. The van der Waals surface area contributed by atoms with E-state index in [1.165, 1.54) is 6.07 Å². The Kier molecular flexibility index (Phi) is 3.68. The van der Waals surface area contributed by atoms with Crippen molar-refractivity contribution in [2.75, 3.05) is 12.8 Å². The quantitative estimate of drug-likeness (QED) is 0.842. The normalized spacial score (nSPS) is 20.9. The van der Waals surface area contributed by atoms with Gasteiger partial charge in [0.05, 0.1) is 4.90 Å². The largest absolute Gasteiger partial charge is 0.310 e. The lowest BCUT2D eigenvalue weighted by Gasteiger charge is -2.24. The van der Waals surface area contributed by atoms with E-state index in [1.54, 1.807) is 0 Å². The van der Waals surface area contributed by atoms with Gasteiger partial charge in [0.15, 0.2) is 21.5 Å². The van der Waals surface area contributed by atoms with Crippen LogP contribution in [-0.2, 0) is 9.84 Å². The number of piperidine rings is 1. The molecule has 0 aromatic heterocycles. The molecule has 1 heterocycles. The average molecular weight is 275 g/mol. The van der Waals surface area contributed by atoms with Crippen LogP contribution in [0.25, 0.3) is 0 Å². The Morgan fingerprint density at radius 3 is 2.56 bits per heavy atom. The summed E-state index contributed by atoms with van der Waals surface area (Å²) in [6.45, 7) is 0.731. The van der Waals surface area contributed by atoms with Crippen molar-refractivity contribution >= 4 is 9.84 Å². The lowest BCUT2D eigenvalue weighted by atomic mass is 9.97. The number of hydrogen-bond donors (Lipinski definition) is 1.